The van der Waals surface area contributed by atoms with Gasteiger partial charge in [-0.2, -0.15) is 11.8 Å². The molecule has 2 fully saturated rings. The van der Waals surface area contributed by atoms with Crippen molar-refractivity contribution in [3.63, 3.8) is 0 Å². The molecule has 1 N–H and O–H groups in total. The summed E-state index contributed by atoms with van der Waals surface area (Å²) in [4.78, 5) is 7.14. The number of rotatable bonds is 5. The largest absolute Gasteiger partial charge is 0.444 e. The Balaban J connectivity index is 1.27. The van der Waals surface area contributed by atoms with Crippen LogP contribution in [0.15, 0.2) is 41.0 Å². The summed E-state index contributed by atoms with van der Waals surface area (Å²) >= 11 is 2.08. The standard InChI is InChI=1S/C19H25N3OS/c1-2-4-15(5-3-1)19-21-18(13-23-19)12-22-9-6-16(7-10-22)20-17-8-11-24-14-17/h1-5,13,16-17,20H,6-12,14H2. The molecule has 0 aliphatic carbocycles. The van der Waals surface area contributed by atoms with Crippen molar-refractivity contribution in [2.75, 3.05) is 24.6 Å². The highest BCUT2D eigenvalue weighted by molar-refractivity contribution is 7.99. The Bertz CT molecular complexity index is 631. The second kappa shape index (κ2) is 7.72. The number of hydrogen-bond acceptors (Lipinski definition) is 5. The molecular weight excluding hydrogens is 318 g/mol. The smallest absolute Gasteiger partial charge is 0.226 e. The molecule has 2 saturated heterocycles. The maximum atomic E-state index is 5.65. The molecule has 5 heteroatoms. The van der Waals surface area contributed by atoms with Gasteiger partial charge in [-0.05, 0) is 37.1 Å². The summed E-state index contributed by atoms with van der Waals surface area (Å²) in [6.07, 6.45) is 5.63. The van der Waals surface area contributed by atoms with E-state index in [-0.39, 0.29) is 0 Å². The summed E-state index contributed by atoms with van der Waals surface area (Å²) in [5.41, 5.74) is 2.08. The summed E-state index contributed by atoms with van der Waals surface area (Å²) in [6.45, 7) is 3.18. The zero-order valence-corrected chi connectivity index (χ0v) is 14.8. The fourth-order valence-corrected chi connectivity index (χ4v) is 4.74. The molecule has 0 bridgehead atoms. The first-order valence-electron chi connectivity index (χ1n) is 8.93. The molecule has 0 saturated carbocycles. The first-order chi connectivity index (χ1) is 11.9. The predicted octanol–water partition coefficient (Wildman–Crippen LogP) is 3.40. The van der Waals surface area contributed by atoms with Crippen LogP contribution in [-0.2, 0) is 6.54 Å². The first-order valence-corrected chi connectivity index (χ1v) is 10.1. The molecule has 1 unspecified atom stereocenters. The van der Waals surface area contributed by atoms with E-state index in [9.17, 15) is 0 Å². The van der Waals surface area contributed by atoms with Crippen molar-refractivity contribution in [3.05, 3.63) is 42.3 Å². The number of nitrogens with zero attached hydrogens (tertiary/aromatic N) is 2. The van der Waals surface area contributed by atoms with Gasteiger partial charge < -0.3 is 9.73 Å². The monoisotopic (exact) mass is 343 g/mol. The Morgan fingerprint density at radius 1 is 1.12 bits per heavy atom. The summed E-state index contributed by atoms with van der Waals surface area (Å²) in [5.74, 6) is 3.34. The predicted molar refractivity (Wildman–Crippen MR) is 99.1 cm³/mol. The quantitative estimate of drug-likeness (QED) is 0.901. The fourth-order valence-electron chi connectivity index (χ4n) is 3.58. The van der Waals surface area contributed by atoms with Gasteiger partial charge in [0.2, 0.25) is 5.89 Å². The summed E-state index contributed by atoms with van der Waals surface area (Å²) in [6, 6.07) is 11.6. The number of thioether (sulfide) groups is 1. The van der Waals surface area contributed by atoms with E-state index in [0.29, 0.717) is 6.04 Å². The van der Waals surface area contributed by atoms with Crippen LogP contribution in [-0.4, -0.2) is 46.6 Å². The zero-order valence-electron chi connectivity index (χ0n) is 14.0. The molecule has 4 rings (SSSR count). The number of aromatic nitrogens is 1. The van der Waals surface area contributed by atoms with Crippen LogP contribution >= 0.6 is 11.8 Å². The third kappa shape index (κ3) is 4.02. The van der Waals surface area contributed by atoms with E-state index in [1.807, 2.05) is 36.6 Å². The Hall–Kier alpha value is -1.30. The van der Waals surface area contributed by atoms with Crippen LogP contribution in [0.2, 0.25) is 0 Å². The highest BCUT2D eigenvalue weighted by Gasteiger charge is 2.24. The van der Waals surface area contributed by atoms with Gasteiger partial charge in [0.1, 0.15) is 6.26 Å². The van der Waals surface area contributed by atoms with Crippen LogP contribution in [0, 0.1) is 0 Å². The number of nitrogens with one attached hydrogen (secondary N) is 1. The highest BCUT2D eigenvalue weighted by atomic mass is 32.2. The van der Waals surface area contributed by atoms with E-state index >= 15 is 0 Å². The van der Waals surface area contributed by atoms with Crippen molar-refractivity contribution < 1.29 is 4.42 Å². The second-order valence-electron chi connectivity index (χ2n) is 6.79. The molecule has 2 aliphatic rings. The molecule has 0 spiro atoms. The molecule has 0 radical (unpaired) electrons. The number of oxazole rings is 1. The van der Waals surface area contributed by atoms with Gasteiger partial charge >= 0.3 is 0 Å². The fraction of sp³-hybridized carbons (Fsp3) is 0.526. The van der Waals surface area contributed by atoms with Crippen molar-refractivity contribution in [2.24, 2.45) is 0 Å². The SMILES string of the molecule is c1ccc(-c2nc(CN3CCC(NC4CCSC4)CC3)co2)cc1. The lowest BCUT2D eigenvalue weighted by atomic mass is 10.0. The van der Waals surface area contributed by atoms with E-state index in [2.05, 4.69) is 27.0 Å². The summed E-state index contributed by atoms with van der Waals surface area (Å²) in [7, 11) is 0. The summed E-state index contributed by atoms with van der Waals surface area (Å²) in [5, 5.41) is 3.85. The number of piperidine rings is 1. The van der Waals surface area contributed by atoms with Crippen LogP contribution in [0.5, 0.6) is 0 Å². The van der Waals surface area contributed by atoms with Crippen LogP contribution in [0.25, 0.3) is 11.5 Å². The maximum absolute atomic E-state index is 5.65. The van der Waals surface area contributed by atoms with Crippen molar-refractivity contribution in [1.29, 1.82) is 0 Å². The molecule has 4 nitrogen and oxygen atoms in total. The minimum Gasteiger partial charge on any atom is -0.444 e. The van der Waals surface area contributed by atoms with Gasteiger partial charge in [-0.3, -0.25) is 4.90 Å². The van der Waals surface area contributed by atoms with Crippen LogP contribution < -0.4 is 5.32 Å². The topological polar surface area (TPSA) is 41.3 Å². The molecule has 1 atom stereocenters. The molecule has 24 heavy (non-hydrogen) atoms. The maximum Gasteiger partial charge on any atom is 0.226 e. The van der Waals surface area contributed by atoms with Gasteiger partial charge in [0.25, 0.3) is 0 Å². The lowest BCUT2D eigenvalue weighted by molar-refractivity contribution is 0.184. The van der Waals surface area contributed by atoms with E-state index in [0.717, 1.165) is 42.8 Å². The Morgan fingerprint density at radius 3 is 2.71 bits per heavy atom. The van der Waals surface area contributed by atoms with Crippen molar-refractivity contribution in [3.8, 4) is 11.5 Å². The molecule has 1 aromatic heterocycles. The molecule has 0 amide bonds. The average molecular weight is 343 g/mol. The Labute approximate surface area is 148 Å². The lowest BCUT2D eigenvalue weighted by Gasteiger charge is -2.33. The molecule has 2 aromatic rings. The number of likely N-dealkylation sites (tertiary alicyclic amines) is 1. The zero-order chi connectivity index (χ0) is 16.2. The van der Waals surface area contributed by atoms with E-state index in [1.54, 1.807) is 0 Å². The molecule has 3 heterocycles. The number of benzene rings is 1. The lowest BCUT2D eigenvalue weighted by Crippen LogP contribution is -2.46. The van der Waals surface area contributed by atoms with Gasteiger partial charge in [0.05, 0.1) is 5.69 Å². The van der Waals surface area contributed by atoms with Crippen LogP contribution in [0.4, 0.5) is 0 Å². The summed E-state index contributed by atoms with van der Waals surface area (Å²) < 4.78 is 5.65. The first kappa shape index (κ1) is 16.2. The highest BCUT2D eigenvalue weighted by Crippen LogP contribution is 2.22. The average Bonchev–Trinajstić information content (AvgIpc) is 3.29. The molecule has 1 aromatic carbocycles. The van der Waals surface area contributed by atoms with Crippen LogP contribution in [0.3, 0.4) is 0 Å². The minimum atomic E-state index is 0.696. The van der Waals surface area contributed by atoms with Crippen molar-refractivity contribution >= 4 is 11.8 Å². The Kier molecular flexibility index (Phi) is 5.21. The molecular formula is C19H25N3OS. The van der Waals surface area contributed by atoms with Gasteiger partial charge in [-0.1, -0.05) is 18.2 Å². The Morgan fingerprint density at radius 2 is 1.96 bits per heavy atom. The second-order valence-corrected chi connectivity index (χ2v) is 7.94. The van der Waals surface area contributed by atoms with Gasteiger partial charge in [-0.25, -0.2) is 4.98 Å². The van der Waals surface area contributed by atoms with E-state index < -0.39 is 0 Å². The van der Waals surface area contributed by atoms with Gasteiger partial charge in [-0.15, -0.1) is 0 Å². The van der Waals surface area contributed by atoms with Gasteiger partial charge in [0.15, 0.2) is 0 Å². The third-order valence-electron chi connectivity index (χ3n) is 4.95. The minimum absolute atomic E-state index is 0.696. The van der Waals surface area contributed by atoms with Gasteiger partial charge in [0, 0.05) is 43.0 Å². The molecule has 128 valence electrons. The normalized spacial score (nSPS) is 22.9. The van der Waals surface area contributed by atoms with E-state index in [1.165, 1.54) is 30.8 Å². The molecule has 2 aliphatic heterocycles. The van der Waals surface area contributed by atoms with Crippen molar-refractivity contribution in [1.82, 2.24) is 15.2 Å². The van der Waals surface area contributed by atoms with Crippen LogP contribution in [0.1, 0.15) is 25.0 Å². The van der Waals surface area contributed by atoms with E-state index in [4.69, 9.17) is 4.42 Å². The number of hydrogen-bond donors (Lipinski definition) is 1. The van der Waals surface area contributed by atoms with Crippen molar-refractivity contribution in [2.45, 2.75) is 37.9 Å². The third-order valence-corrected chi connectivity index (χ3v) is 6.11.